The number of rotatable bonds is 2. The molecule has 1 aromatic rings. The Morgan fingerprint density at radius 2 is 1.74 bits per heavy atom. The summed E-state index contributed by atoms with van der Waals surface area (Å²) in [5.74, 6) is -0.514. The van der Waals surface area contributed by atoms with Gasteiger partial charge in [0.15, 0.2) is 11.6 Å². The van der Waals surface area contributed by atoms with Crippen LogP contribution in [0.4, 0.5) is 4.79 Å². The lowest BCUT2D eigenvalue weighted by atomic mass is 9.83. The van der Waals surface area contributed by atoms with Crippen molar-refractivity contribution < 1.29 is 19.1 Å². The van der Waals surface area contributed by atoms with Crippen molar-refractivity contribution in [2.24, 2.45) is 11.8 Å². The molecule has 1 aromatic carbocycles. The van der Waals surface area contributed by atoms with Crippen LogP contribution >= 0.6 is 0 Å². The van der Waals surface area contributed by atoms with Crippen molar-refractivity contribution in [1.29, 1.82) is 0 Å². The van der Waals surface area contributed by atoms with Crippen molar-refractivity contribution in [2.45, 2.75) is 70.6 Å². The first-order valence-corrected chi connectivity index (χ1v) is 9.95. The summed E-state index contributed by atoms with van der Waals surface area (Å²) in [7, 11) is 0. The zero-order chi connectivity index (χ0) is 19.3. The van der Waals surface area contributed by atoms with Crippen molar-refractivity contribution in [1.82, 2.24) is 4.90 Å². The summed E-state index contributed by atoms with van der Waals surface area (Å²) in [6.45, 7) is 5.59. The Balaban J connectivity index is 1.59. The molecule has 4 rings (SSSR count). The van der Waals surface area contributed by atoms with Gasteiger partial charge in [-0.1, -0.05) is 30.7 Å². The van der Waals surface area contributed by atoms with Crippen LogP contribution in [0.25, 0.3) is 0 Å². The van der Waals surface area contributed by atoms with Crippen molar-refractivity contribution in [3.8, 4) is 0 Å². The summed E-state index contributed by atoms with van der Waals surface area (Å²) in [6, 6.07) is 7.11. The number of fused-ring (bicyclic) bond motifs is 3. The second-order valence-corrected chi connectivity index (χ2v) is 9.10. The molecule has 2 bridgehead atoms. The lowest BCUT2D eigenvalue weighted by Gasteiger charge is -2.33. The predicted molar refractivity (Wildman–Crippen MR) is 101 cm³/mol. The molecule has 1 saturated heterocycles. The van der Waals surface area contributed by atoms with Gasteiger partial charge in [0, 0.05) is 23.2 Å². The first-order valence-electron chi connectivity index (χ1n) is 9.95. The van der Waals surface area contributed by atoms with E-state index in [9.17, 15) is 14.4 Å². The Morgan fingerprint density at radius 3 is 2.33 bits per heavy atom. The smallest absolute Gasteiger partial charge is 0.410 e. The Morgan fingerprint density at radius 1 is 1.11 bits per heavy atom. The van der Waals surface area contributed by atoms with E-state index in [2.05, 4.69) is 0 Å². The van der Waals surface area contributed by atoms with E-state index in [-0.39, 0.29) is 29.7 Å². The molecular formula is C22H27NO4. The fraction of sp³-hybridized carbons (Fsp3) is 0.591. The van der Waals surface area contributed by atoms with E-state index in [1.165, 1.54) is 0 Å². The van der Waals surface area contributed by atoms with E-state index in [0.717, 1.165) is 25.7 Å². The molecule has 2 unspecified atom stereocenters. The molecular weight excluding hydrogens is 342 g/mol. The summed E-state index contributed by atoms with van der Waals surface area (Å²) in [5, 5.41) is 0. The number of nitrogens with zero attached hydrogens (tertiary/aromatic N) is 1. The molecule has 3 atom stereocenters. The second kappa shape index (κ2) is 6.47. The Bertz CT molecular complexity index is 759. The van der Waals surface area contributed by atoms with Crippen LogP contribution in [0.15, 0.2) is 24.3 Å². The quantitative estimate of drug-likeness (QED) is 0.731. The highest BCUT2D eigenvalue weighted by Crippen LogP contribution is 2.44. The number of hydrogen-bond acceptors (Lipinski definition) is 4. The Kier molecular flexibility index (Phi) is 4.36. The van der Waals surface area contributed by atoms with Crippen LogP contribution < -0.4 is 0 Å². The third kappa shape index (κ3) is 3.17. The van der Waals surface area contributed by atoms with Gasteiger partial charge < -0.3 is 9.64 Å². The highest BCUT2D eigenvalue weighted by Gasteiger charge is 2.50. The van der Waals surface area contributed by atoms with E-state index >= 15 is 0 Å². The molecule has 1 aliphatic heterocycles. The fourth-order valence-electron chi connectivity index (χ4n) is 5.07. The SMILES string of the molecule is CC(C)(C)OC(=O)N1C2CCCC(C2)[C@H]1CC1C(=O)c2ccccc2C1=O. The number of likely N-dealkylation sites (tertiary alicyclic amines) is 1. The van der Waals surface area contributed by atoms with E-state index in [4.69, 9.17) is 4.74 Å². The number of ether oxygens (including phenoxy) is 1. The number of carbonyl (C=O) groups excluding carboxylic acids is 3. The van der Waals surface area contributed by atoms with Crippen LogP contribution in [0.1, 0.15) is 73.6 Å². The average Bonchev–Trinajstić information content (AvgIpc) is 2.99. The third-order valence-electron chi connectivity index (χ3n) is 6.15. The molecule has 1 heterocycles. The third-order valence-corrected chi connectivity index (χ3v) is 6.15. The van der Waals surface area contributed by atoms with Crippen molar-refractivity contribution >= 4 is 17.7 Å². The number of amides is 1. The van der Waals surface area contributed by atoms with Gasteiger partial charge in [-0.15, -0.1) is 0 Å². The second-order valence-electron chi connectivity index (χ2n) is 9.10. The topological polar surface area (TPSA) is 63.7 Å². The standard InChI is InChI=1S/C22H27NO4/c1-22(2,3)27-21(26)23-14-8-6-7-13(11-14)18(23)12-17-19(24)15-9-4-5-10-16(15)20(17)25/h4-5,9-10,13-14,17-18H,6-8,11-12H2,1-3H3/t13?,14?,18-/m1/s1. The summed E-state index contributed by atoms with van der Waals surface area (Å²) in [6.07, 6.45) is 4.15. The largest absolute Gasteiger partial charge is 0.444 e. The van der Waals surface area contributed by atoms with Gasteiger partial charge in [-0.3, -0.25) is 9.59 Å². The monoisotopic (exact) mass is 369 g/mol. The molecule has 1 amide bonds. The van der Waals surface area contributed by atoms with Gasteiger partial charge in [0.1, 0.15) is 5.60 Å². The first-order chi connectivity index (χ1) is 12.8. The van der Waals surface area contributed by atoms with Crippen molar-refractivity contribution in [2.75, 3.05) is 0 Å². The number of Topliss-reactive ketones (excluding diaryl/α,β-unsaturated/α-hetero) is 2. The Labute approximate surface area is 160 Å². The highest BCUT2D eigenvalue weighted by molar-refractivity contribution is 6.26. The van der Waals surface area contributed by atoms with Gasteiger partial charge in [0.05, 0.1) is 5.92 Å². The number of hydrogen-bond donors (Lipinski definition) is 0. The van der Waals surface area contributed by atoms with Crippen LogP contribution in [0.5, 0.6) is 0 Å². The summed E-state index contributed by atoms with van der Waals surface area (Å²) in [5.41, 5.74) is 0.489. The molecule has 144 valence electrons. The molecule has 2 fully saturated rings. The molecule has 5 heteroatoms. The van der Waals surface area contributed by atoms with Crippen LogP contribution in [-0.4, -0.2) is 40.2 Å². The van der Waals surface area contributed by atoms with E-state index < -0.39 is 11.5 Å². The van der Waals surface area contributed by atoms with Gasteiger partial charge in [-0.2, -0.15) is 0 Å². The number of benzene rings is 1. The van der Waals surface area contributed by atoms with Gasteiger partial charge in [-0.05, 0) is 52.4 Å². The summed E-state index contributed by atoms with van der Waals surface area (Å²) in [4.78, 5) is 40.4. The molecule has 27 heavy (non-hydrogen) atoms. The van der Waals surface area contributed by atoms with E-state index in [1.54, 1.807) is 24.3 Å². The molecule has 5 nitrogen and oxygen atoms in total. The maximum Gasteiger partial charge on any atom is 0.410 e. The Hall–Kier alpha value is -2.17. The molecule has 1 saturated carbocycles. The molecule has 0 N–H and O–H groups in total. The number of ketones is 2. The van der Waals surface area contributed by atoms with Crippen LogP contribution in [-0.2, 0) is 4.74 Å². The van der Waals surface area contributed by atoms with Crippen molar-refractivity contribution in [3.05, 3.63) is 35.4 Å². The van der Waals surface area contributed by atoms with Gasteiger partial charge >= 0.3 is 6.09 Å². The molecule has 0 radical (unpaired) electrons. The van der Waals surface area contributed by atoms with Crippen LogP contribution in [0.2, 0.25) is 0 Å². The first kappa shape index (κ1) is 18.2. The highest BCUT2D eigenvalue weighted by atomic mass is 16.6. The fourth-order valence-corrected chi connectivity index (χ4v) is 5.07. The summed E-state index contributed by atoms with van der Waals surface area (Å²) >= 11 is 0. The number of carbonyl (C=O) groups is 3. The predicted octanol–water partition coefficient (Wildman–Crippen LogP) is 4.25. The minimum absolute atomic E-state index is 0.0961. The lowest BCUT2D eigenvalue weighted by molar-refractivity contribution is 0.0116. The average molecular weight is 369 g/mol. The zero-order valence-corrected chi connectivity index (χ0v) is 16.2. The van der Waals surface area contributed by atoms with Crippen molar-refractivity contribution in [3.63, 3.8) is 0 Å². The van der Waals surface area contributed by atoms with E-state index in [1.807, 2.05) is 25.7 Å². The minimum Gasteiger partial charge on any atom is -0.444 e. The van der Waals surface area contributed by atoms with Crippen LogP contribution in [0.3, 0.4) is 0 Å². The van der Waals surface area contributed by atoms with Gasteiger partial charge in [0.25, 0.3) is 0 Å². The molecule has 3 aliphatic rings. The summed E-state index contributed by atoms with van der Waals surface area (Å²) < 4.78 is 5.66. The maximum absolute atomic E-state index is 12.9. The molecule has 0 spiro atoms. The molecule has 2 aliphatic carbocycles. The normalized spacial score (nSPS) is 27.8. The van der Waals surface area contributed by atoms with Gasteiger partial charge in [-0.25, -0.2) is 4.79 Å². The maximum atomic E-state index is 12.9. The minimum atomic E-state index is -0.670. The van der Waals surface area contributed by atoms with Crippen LogP contribution in [0, 0.1) is 11.8 Å². The zero-order valence-electron chi connectivity index (χ0n) is 16.2. The molecule has 0 aromatic heterocycles. The lowest BCUT2D eigenvalue weighted by Crippen LogP contribution is -2.45. The van der Waals surface area contributed by atoms with E-state index in [0.29, 0.717) is 23.5 Å². The van der Waals surface area contributed by atoms with Gasteiger partial charge in [0.2, 0.25) is 0 Å².